The maximum absolute atomic E-state index is 13.2. The van der Waals surface area contributed by atoms with Gasteiger partial charge in [0.1, 0.15) is 16.7 Å². The zero-order valence-corrected chi connectivity index (χ0v) is 8.26. The van der Waals surface area contributed by atoms with Gasteiger partial charge in [0.25, 0.3) is 0 Å². The van der Waals surface area contributed by atoms with Crippen LogP contribution in [0.15, 0.2) is 6.07 Å². The van der Waals surface area contributed by atoms with E-state index in [2.05, 4.69) is 5.32 Å². The molecule has 0 aliphatic rings. The standard InChI is InChI=1S/C9H9ClF3N/c1-14-3-2-5-6(11)4-7(12)8(10)9(5)13/h4,14H,2-3H2,1H3. The molecular formula is C9H9ClF3N. The summed E-state index contributed by atoms with van der Waals surface area (Å²) in [7, 11) is 1.65. The molecule has 0 fully saturated rings. The van der Waals surface area contributed by atoms with Crippen molar-refractivity contribution in [2.24, 2.45) is 0 Å². The second-order valence-corrected chi connectivity index (χ2v) is 3.18. The molecule has 1 N–H and O–H groups in total. The summed E-state index contributed by atoms with van der Waals surface area (Å²) < 4.78 is 39.0. The normalized spacial score (nSPS) is 10.6. The van der Waals surface area contributed by atoms with Crippen LogP contribution in [0.25, 0.3) is 0 Å². The maximum Gasteiger partial charge on any atom is 0.150 e. The van der Waals surface area contributed by atoms with E-state index in [1.807, 2.05) is 0 Å². The van der Waals surface area contributed by atoms with E-state index in [1.54, 1.807) is 7.05 Å². The first-order valence-corrected chi connectivity index (χ1v) is 4.42. The van der Waals surface area contributed by atoms with Gasteiger partial charge in [-0.3, -0.25) is 0 Å². The number of halogens is 4. The minimum absolute atomic E-state index is 0.133. The van der Waals surface area contributed by atoms with E-state index in [9.17, 15) is 13.2 Å². The molecule has 0 unspecified atom stereocenters. The molecule has 0 bridgehead atoms. The number of nitrogens with one attached hydrogen (secondary N) is 1. The molecule has 0 heterocycles. The van der Waals surface area contributed by atoms with Crippen molar-refractivity contribution in [2.75, 3.05) is 13.6 Å². The van der Waals surface area contributed by atoms with Crippen LogP contribution in [0, 0.1) is 17.5 Å². The second-order valence-electron chi connectivity index (χ2n) is 2.80. The summed E-state index contributed by atoms with van der Waals surface area (Å²) in [5.74, 6) is -2.99. The number of rotatable bonds is 3. The number of likely N-dealkylation sites (N-methyl/N-ethyl adjacent to an activating group) is 1. The predicted octanol–water partition coefficient (Wildman–Crippen LogP) is 2.52. The van der Waals surface area contributed by atoms with Crippen LogP contribution in [0.1, 0.15) is 5.56 Å². The Morgan fingerprint density at radius 1 is 1.29 bits per heavy atom. The van der Waals surface area contributed by atoms with Gasteiger partial charge in [-0.25, -0.2) is 13.2 Å². The van der Waals surface area contributed by atoms with Gasteiger partial charge in [0, 0.05) is 11.6 Å². The average molecular weight is 224 g/mol. The Kier molecular flexibility index (Phi) is 3.77. The Bertz CT molecular complexity index is 341. The lowest BCUT2D eigenvalue weighted by molar-refractivity contribution is 0.521. The highest BCUT2D eigenvalue weighted by Gasteiger charge is 2.16. The molecule has 1 nitrogen and oxygen atoms in total. The van der Waals surface area contributed by atoms with Gasteiger partial charge in [0.2, 0.25) is 0 Å². The Hall–Kier alpha value is -0.740. The molecule has 0 saturated heterocycles. The fraction of sp³-hybridized carbons (Fsp3) is 0.333. The van der Waals surface area contributed by atoms with Gasteiger partial charge in [-0.15, -0.1) is 0 Å². The Morgan fingerprint density at radius 3 is 2.50 bits per heavy atom. The maximum atomic E-state index is 13.2. The average Bonchev–Trinajstić information content (AvgIpc) is 2.14. The number of benzene rings is 1. The smallest absolute Gasteiger partial charge is 0.150 e. The van der Waals surface area contributed by atoms with Crippen LogP contribution in [0.5, 0.6) is 0 Å². The fourth-order valence-electron chi connectivity index (χ4n) is 1.08. The highest BCUT2D eigenvalue weighted by atomic mass is 35.5. The lowest BCUT2D eigenvalue weighted by atomic mass is 10.1. The summed E-state index contributed by atoms with van der Waals surface area (Å²) in [5.41, 5.74) is -0.189. The molecule has 0 radical (unpaired) electrons. The van der Waals surface area contributed by atoms with Crippen molar-refractivity contribution in [1.82, 2.24) is 5.32 Å². The predicted molar refractivity (Wildman–Crippen MR) is 49.0 cm³/mol. The van der Waals surface area contributed by atoms with Crippen molar-refractivity contribution in [3.8, 4) is 0 Å². The van der Waals surface area contributed by atoms with Crippen molar-refractivity contribution in [2.45, 2.75) is 6.42 Å². The van der Waals surface area contributed by atoms with Gasteiger partial charge in [0.05, 0.1) is 0 Å². The van der Waals surface area contributed by atoms with Gasteiger partial charge in [-0.1, -0.05) is 11.6 Å². The van der Waals surface area contributed by atoms with Gasteiger partial charge in [-0.05, 0) is 20.0 Å². The van der Waals surface area contributed by atoms with Crippen molar-refractivity contribution in [1.29, 1.82) is 0 Å². The zero-order valence-electron chi connectivity index (χ0n) is 7.50. The SMILES string of the molecule is CNCCc1c(F)cc(F)c(Cl)c1F. The molecule has 0 amide bonds. The number of hydrogen-bond acceptors (Lipinski definition) is 1. The lowest BCUT2D eigenvalue weighted by Gasteiger charge is -2.06. The van der Waals surface area contributed by atoms with E-state index in [0.717, 1.165) is 0 Å². The summed E-state index contributed by atoms with van der Waals surface area (Å²) in [6.45, 7) is 0.399. The quantitative estimate of drug-likeness (QED) is 0.613. The van der Waals surface area contributed by atoms with Gasteiger partial charge in [0.15, 0.2) is 5.82 Å². The van der Waals surface area contributed by atoms with Gasteiger partial charge in [-0.2, -0.15) is 0 Å². The summed E-state index contributed by atoms with van der Waals surface area (Å²) in [4.78, 5) is 0. The third-order valence-corrected chi connectivity index (χ3v) is 2.18. The van der Waals surface area contributed by atoms with Crippen molar-refractivity contribution < 1.29 is 13.2 Å². The van der Waals surface area contributed by atoms with Crippen LogP contribution in [0.2, 0.25) is 5.02 Å². The largest absolute Gasteiger partial charge is 0.319 e. The second kappa shape index (κ2) is 4.66. The topological polar surface area (TPSA) is 12.0 Å². The van der Waals surface area contributed by atoms with Crippen LogP contribution in [-0.2, 0) is 6.42 Å². The van der Waals surface area contributed by atoms with Crippen LogP contribution < -0.4 is 5.32 Å². The monoisotopic (exact) mass is 223 g/mol. The van der Waals surface area contributed by atoms with Crippen molar-refractivity contribution in [3.63, 3.8) is 0 Å². The Balaban J connectivity index is 3.09. The summed E-state index contributed by atoms with van der Waals surface area (Å²) in [6, 6.07) is 0.594. The van der Waals surface area contributed by atoms with E-state index in [-0.39, 0.29) is 12.0 Å². The van der Waals surface area contributed by atoms with Gasteiger partial charge < -0.3 is 5.32 Å². The van der Waals surface area contributed by atoms with E-state index < -0.39 is 22.5 Å². The number of hydrogen-bond donors (Lipinski definition) is 1. The molecule has 78 valence electrons. The molecule has 1 aromatic rings. The highest BCUT2D eigenvalue weighted by Crippen LogP contribution is 2.24. The molecule has 0 saturated carbocycles. The molecule has 1 rings (SSSR count). The Morgan fingerprint density at radius 2 is 1.93 bits per heavy atom. The molecular weight excluding hydrogens is 215 g/mol. The third kappa shape index (κ3) is 2.19. The lowest BCUT2D eigenvalue weighted by Crippen LogP contribution is -2.13. The molecule has 5 heteroatoms. The van der Waals surface area contributed by atoms with Crippen molar-refractivity contribution >= 4 is 11.6 Å². The van der Waals surface area contributed by atoms with Gasteiger partial charge >= 0.3 is 0 Å². The third-order valence-electron chi connectivity index (χ3n) is 1.83. The summed E-state index contributed by atoms with van der Waals surface area (Å²) in [5, 5.41) is 2.08. The van der Waals surface area contributed by atoms with E-state index >= 15 is 0 Å². The molecule has 0 aliphatic heterocycles. The van der Waals surface area contributed by atoms with E-state index in [1.165, 1.54) is 0 Å². The highest BCUT2D eigenvalue weighted by molar-refractivity contribution is 6.30. The van der Waals surface area contributed by atoms with Crippen LogP contribution in [-0.4, -0.2) is 13.6 Å². The summed E-state index contributed by atoms with van der Waals surface area (Å²) >= 11 is 5.30. The molecule has 0 aliphatic carbocycles. The van der Waals surface area contributed by atoms with Crippen LogP contribution >= 0.6 is 11.6 Å². The molecule has 0 spiro atoms. The fourth-order valence-corrected chi connectivity index (χ4v) is 1.25. The Labute approximate surface area is 84.9 Å². The minimum Gasteiger partial charge on any atom is -0.319 e. The first-order valence-electron chi connectivity index (χ1n) is 4.04. The molecule has 1 aromatic carbocycles. The first-order chi connectivity index (χ1) is 6.57. The first kappa shape index (κ1) is 11.3. The molecule has 14 heavy (non-hydrogen) atoms. The van der Waals surface area contributed by atoms with Crippen LogP contribution in [0.3, 0.4) is 0 Å². The molecule has 0 atom stereocenters. The minimum atomic E-state index is -1.07. The van der Waals surface area contributed by atoms with E-state index in [4.69, 9.17) is 11.6 Å². The summed E-state index contributed by atoms with van der Waals surface area (Å²) in [6.07, 6.45) is 0.133. The molecule has 0 aromatic heterocycles. The zero-order chi connectivity index (χ0) is 10.7. The van der Waals surface area contributed by atoms with Crippen LogP contribution in [0.4, 0.5) is 13.2 Å². The van der Waals surface area contributed by atoms with E-state index in [0.29, 0.717) is 12.6 Å². The van der Waals surface area contributed by atoms with Crippen molar-refractivity contribution in [3.05, 3.63) is 34.1 Å².